The highest BCUT2D eigenvalue weighted by Crippen LogP contribution is 2.21. The summed E-state index contributed by atoms with van der Waals surface area (Å²) in [7, 11) is 2.05. The second-order valence-corrected chi connectivity index (χ2v) is 5.67. The van der Waals surface area contributed by atoms with Gasteiger partial charge in [-0.15, -0.1) is 0 Å². The molecule has 0 bridgehead atoms. The van der Waals surface area contributed by atoms with Crippen LogP contribution in [0.3, 0.4) is 0 Å². The summed E-state index contributed by atoms with van der Waals surface area (Å²) in [6, 6.07) is 0.611. The summed E-state index contributed by atoms with van der Waals surface area (Å²) in [5, 5.41) is 6.45. The summed E-state index contributed by atoms with van der Waals surface area (Å²) in [6.45, 7) is 9.28. The number of nitrogens with one attached hydrogen (secondary N) is 2. The van der Waals surface area contributed by atoms with Gasteiger partial charge in [0.05, 0.1) is 6.04 Å². The number of nitrogens with zero attached hydrogens (tertiary/aromatic N) is 1. The molecule has 3 unspecified atom stereocenters. The third-order valence-corrected chi connectivity index (χ3v) is 4.42. The molecule has 1 fully saturated rings. The van der Waals surface area contributed by atoms with Crippen molar-refractivity contribution in [2.24, 2.45) is 5.92 Å². The van der Waals surface area contributed by atoms with Crippen LogP contribution in [0, 0.1) is 5.92 Å². The summed E-state index contributed by atoms with van der Waals surface area (Å²) in [5.41, 5.74) is 0. The van der Waals surface area contributed by atoms with E-state index < -0.39 is 0 Å². The maximum Gasteiger partial charge on any atom is 0.237 e. The summed E-state index contributed by atoms with van der Waals surface area (Å²) in [5.74, 6) is 0.843. The van der Waals surface area contributed by atoms with Gasteiger partial charge in [-0.25, -0.2) is 0 Å². The molecule has 2 N–H and O–H groups in total. The molecule has 1 aliphatic heterocycles. The first-order valence-electron chi connectivity index (χ1n) is 7.83. The molecule has 0 aliphatic carbocycles. The average Bonchev–Trinajstić information content (AvgIpc) is 2.45. The Balaban J connectivity index is 2.44. The van der Waals surface area contributed by atoms with Gasteiger partial charge in [0.15, 0.2) is 0 Å². The Kier molecular flexibility index (Phi) is 7.39. The Labute approximate surface area is 118 Å². The third kappa shape index (κ3) is 4.77. The van der Waals surface area contributed by atoms with E-state index in [1.54, 1.807) is 0 Å². The van der Waals surface area contributed by atoms with Crippen LogP contribution >= 0.6 is 0 Å². The highest BCUT2D eigenvalue weighted by atomic mass is 16.2. The molecule has 0 aromatic carbocycles. The Morgan fingerprint density at radius 3 is 2.74 bits per heavy atom. The summed E-state index contributed by atoms with van der Waals surface area (Å²) in [6.07, 6.45) is 4.51. The van der Waals surface area contributed by atoms with Crippen LogP contribution in [0.5, 0.6) is 0 Å². The standard InChI is InChI=1S/C15H31N3O/c1-5-7-9-17-15(19)12(3)18-10-8-14(16-4)13(6-2)11-18/h12-14,16H,5-11H2,1-4H3,(H,17,19). The zero-order chi connectivity index (χ0) is 14.3. The van der Waals surface area contributed by atoms with Gasteiger partial charge >= 0.3 is 0 Å². The number of carbonyl (C=O) groups excluding carboxylic acids is 1. The Morgan fingerprint density at radius 2 is 2.16 bits per heavy atom. The van der Waals surface area contributed by atoms with Gasteiger partial charge in [-0.3, -0.25) is 9.69 Å². The van der Waals surface area contributed by atoms with Gasteiger partial charge in [-0.05, 0) is 32.7 Å². The van der Waals surface area contributed by atoms with Crippen molar-refractivity contribution in [3.63, 3.8) is 0 Å². The van der Waals surface area contributed by atoms with Crippen LogP contribution in [0.1, 0.15) is 46.5 Å². The monoisotopic (exact) mass is 269 g/mol. The molecule has 1 amide bonds. The Bertz CT molecular complexity index is 270. The maximum atomic E-state index is 12.1. The molecule has 3 atom stereocenters. The Morgan fingerprint density at radius 1 is 1.42 bits per heavy atom. The van der Waals surface area contributed by atoms with Gasteiger partial charge < -0.3 is 10.6 Å². The molecular formula is C15H31N3O. The number of unbranched alkanes of at least 4 members (excludes halogenated alkanes) is 1. The second kappa shape index (κ2) is 8.54. The maximum absolute atomic E-state index is 12.1. The van der Waals surface area contributed by atoms with Crippen LogP contribution in [0.15, 0.2) is 0 Å². The van der Waals surface area contributed by atoms with Crippen LogP contribution in [0.25, 0.3) is 0 Å². The smallest absolute Gasteiger partial charge is 0.237 e. The molecule has 0 spiro atoms. The largest absolute Gasteiger partial charge is 0.355 e. The molecule has 19 heavy (non-hydrogen) atoms. The lowest BCUT2D eigenvalue weighted by atomic mass is 9.89. The van der Waals surface area contributed by atoms with Crippen LogP contribution in [-0.4, -0.2) is 49.6 Å². The molecule has 0 saturated carbocycles. The fourth-order valence-corrected chi connectivity index (χ4v) is 2.91. The minimum atomic E-state index is 0.00344. The molecule has 4 heteroatoms. The quantitative estimate of drug-likeness (QED) is 0.690. The van der Waals surface area contributed by atoms with Gasteiger partial charge in [-0.2, -0.15) is 0 Å². The normalized spacial score (nSPS) is 26.1. The molecule has 0 radical (unpaired) electrons. The van der Waals surface area contributed by atoms with Crippen molar-refractivity contribution in [2.75, 3.05) is 26.7 Å². The topological polar surface area (TPSA) is 44.4 Å². The van der Waals surface area contributed by atoms with Crippen molar-refractivity contribution in [1.82, 2.24) is 15.5 Å². The fraction of sp³-hybridized carbons (Fsp3) is 0.933. The lowest BCUT2D eigenvalue weighted by molar-refractivity contribution is -0.126. The van der Waals surface area contributed by atoms with E-state index in [1.807, 2.05) is 14.0 Å². The van der Waals surface area contributed by atoms with Gasteiger partial charge in [0.2, 0.25) is 5.91 Å². The number of rotatable bonds is 7. The lowest BCUT2D eigenvalue weighted by Crippen LogP contribution is -2.54. The SMILES string of the molecule is CCCCNC(=O)C(C)N1CCC(NC)C(CC)C1. The van der Waals surface area contributed by atoms with E-state index in [2.05, 4.69) is 29.4 Å². The number of hydrogen-bond acceptors (Lipinski definition) is 3. The number of carbonyl (C=O) groups is 1. The molecule has 1 saturated heterocycles. The number of likely N-dealkylation sites (tertiary alicyclic amines) is 1. The number of piperidine rings is 1. The molecule has 4 nitrogen and oxygen atoms in total. The van der Waals surface area contributed by atoms with Gasteiger partial charge in [0.1, 0.15) is 0 Å². The zero-order valence-corrected chi connectivity index (χ0v) is 13.0. The van der Waals surface area contributed by atoms with E-state index in [9.17, 15) is 4.79 Å². The summed E-state index contributed by atoms with van der Waals surface area (Å²) in [4.78, 5) is 14.4. The summed E-state index contributed by atoms with van der Waals surface area (Å²) < 4.78 is 0. The lowest BCUT2D eigenvalue weighted by Gasteiger charge is -2.40. The third-order valence-electron chi connectivity index (χ3n) is 4.42. The minimum absolute atomic E-state index is 0.00344. The van der Waals surface area contributed by atoms with Crippen molar-refractivity contribution in [3.8, 4) is 0 Å². The van der Waals surface area contributed by atoms with Crippen molar-refractivity contribution < 1.29 is 4.79 Å². The van der Waals surface area contributed by atoms with Crippen molar-refractivity contribution in [1.29, 1.82) is 0 Å². The fourth-order valence-electron chi connectivity index (χ4n) is 2.91. The number of amides is 1. The van der Waals surface area contributed by atoms with Gasteiger partial charge in [0, 0.05) is 25.7 Å². The van der Waals surface area contributed by atoms with Crippen LogP contribution < -0.4 is 10.6 Å². The van der Waals surface area contributed by atoms with E-state index in [-0.39, 0.29) is 11.9 Å². The van der Waals surface area contributed by atoms with Crippen LogP contribution in [0.4, 0.5) is 0 Å². The van der Waals surface area contributed by atoms with E-state index in [0.717, 1.165) is 38.9 Å². The number of hydrogen-bond donors (Lipinski definition) is 2. The first-order valence-corrected chi connectivity index (χ1v) is 7.83. The molecule has 0 aromatic rings. The molecule has 0 aromatic heterocycles. The molecule has 1 rings (SSSR count). The first kappa shape index (κ1) is 16.4. The molecule has 112 valence electrons. The highest BCUT2D eigenvalue weighted by molar-refractivity contribution is 5.81. The van der Waals surface area contributed by atoms with Crippen molar-refractivity contribution >= 4 is 5.91 Å². The zero-order valence-electron chi connectivity index (χ0n) is 13.0. The van der Waals surface area contributed by atoms with Crippen LogP contribution in [-0.2, 0) is 4.79 Å². The van der Waals surface area contributed by atoms with E-state index in [4.69, 9.17) is 0 Å². The molecular weight excluding hydrogens is 238 g/mol. The second-order valence-electron chi connectivity index (χ2n) is 5.67. The van der Waals surface area contributed by atoms with Gasteiger partial charge in [0.25, 0.3) is 0 Å². The Hall–Kier alpha value is -0.610. The van der Waals surface area contributed by atoms with Crippen LogP contribution in [0.2, 0.25) is 0 Å². The predicted octanol–water partition coefficient (Wildman–Crippen LogP) is 1.61. The van der Waals surface area contributed by atoms with Gasteiger partial charge in [-0.1, -0.05) is 26.7 Å². The van der Waals surface area contributed by atoms with Crippen molar-refractivity contribution in [3.05, 3.63) is 0 Å². The minimum Gasteiger partial charge on any atom is -0.355 e. The van der Waals surface area contributed by atoms with Crippen molar-refractivity contribution in [2.45, 2.75) is 58.5 Å². The average molecular weight is 269 g/mol. The van der Waals surface area contributed by atoms with E-state index >= 15 is 0 Å². The van der Waals surface area contributed by atoms with E-state index in [0.29, 0.717) is 12.0 Å². The molecule has 1 heterocycles. The van der Waals surface area contributed by atoms with E-state index in [1.165, 1.54) is 6.42 Å². The molecule has 1 aliphatic rings. The highest BCUT2D eigenvalue weighted by Gasteiger charge is 2.31. The summed E-state index contributed by atoms with van der Waals surface area (Å²) >= 11 is 0. The first-order chi connectivity index (χ1) is 9.13. The predicted molar refractivity (Wildman–Crippen MR) is 80.2 cm³/mol.